The molecule has 2 aliphatic rings. The van der Waals surface area contributed by atoms with E-state index in [4.69, 9.17) is 4.74 Å². The molecule has 43 heavy (non-hydrogen) atoms. The Hall–Kier alpha value is -4.55. The van der Waals surface area contributed by atoms with E-state index in [9.17, 15) is 18.0 Å². The molecule has 9 nitrogen and oxygen atoms in total. The first kappa shape index (κ1) is 28.6. The van der Waals surface area contributed by atoms with Gasteiger partial charge in [0.05, 0.1) is 29.7 Å². The molecule has 0 atom stereocenters. The molecule has 0 spiro atoms. The molecule has 6 rings (SSSR count). The topological polar surface area (TPSA) is 97.6 Å². The highest BCUT2D eigenvalue weighted by Gasteiger charge is 2.33. The highest BCUT2D eigenvalue weighted by atomic mass is 19.4. The number of hydrazine groups is 2. The van der Waals surface area contributed by atoms with Crippen LogP contribution < -0.4 is 26.0 Å². The van der Waals surface area contributed by atoms with Gasteiger partial charge >= 0.3 is 6.18 Å². The number of aromatic amines is 1. The van der Waals surface area contributed by atoms with Crippen LogP contribution >= 0.6 is 0 Å². The lowest BCUT2D eigenvalue weighted by Gasteiger charge is -2.28. The number of hydrogen-bond donors (Lipinski definition) is 4. The third kappa shape index (κ3) is 6.02. The quantitative estimate of drug-likeness (QED) is 0.211. The minimum absolute atomic E-state index is 0.0211. The van der Waals surface area contributed by atoms with Gasteiger partial charge in [-0.05, 0) is 74.8 Å². The summed E-state index contributed by atoms with van der Waals surface area (Å²) in [5.74, 6) is -0.327. The van der Waals surface area contributed by atoms with E-state index in [0.29, 0.717) is 17.8 Å². The van der Waals surface area contributed by atoms with E-state index in [0.717, 1.165) is 72.3 Å². The summed E-state index contributed by atoms with van der Waals surface area (Å²) in [7, 11) is 1.40. The van der Waals surface area contributed by atoms with E-state index in [1.807, 2.05) is 31.5 Å². The maximum Gasteiger partial charge on any atom is 0.416 e. The van der Waals surface area contributed by atoms with Crippen LogP contribution in [0.5, 0.6) is 5.75 Å². The van der Waals surface area contributed by atoms with Gasteiger partial charge < -0.3 is 20.5 Å². The molecule has 0 saturated carbocycles. The number of hydrogen-bond acceptors (Lipinski definition) is 7. The van der Waals surface area contributed by atoms with Gasteiger partial charge in [-0.3, -0.25) is 14.7 Å². The third-order valence-corrected chi connectivity index (χ3v) is 7.80. The number of carbonyl (C=O) groups is 1. The van der Waals surface area contributed by atoms with Crippen molar-refractivity contribution < 1.29 is 22.7 Å². The zero-order valence-corrected chi connectivity index (χ0v) is 23.8. The van der Waals surface area contributed by atoms with Crippen molar-refractivity contribution in [1.29, 1.82) is 0 Å². The highest BCUT2D eigenvalue weighted by Crippen LogP contribution is 2.39. The molecule has 1 fully saturated rings. The van der Waals surface area contributed by atoms with Crippen molar-refractivity contribution in [1.82, 2.24) is 25.8 Å². The van der Waals surface area contributed by atoms with Crippen molar-refractivity contribution in [2.45, 2.75) is 38.9 Å². The Bertz CT molecular complexity index is 1690. The number of aromatic nitrogens is 2. The van der Waals surface area contributed by atoms with E-state index >= 15 is 0 Å². The highest BCUT2D eigenvalue weighted by molar-refractivity contribution is 6.06. The standard InChI is InChI=1S/C31H32F3N7O2/c1-19-6-7-21(14-27(19)41-18-26(38-39-41)22-12-20-8-9-35-29(20)36-16-22)30(42)37-25-15-24(31(32,33)34)13-23(28(25)43-2)17-40-10-4-3-5-11-40/h6-9,12-16,18,38-39H,3-5,10-11,17H2,1-2H3,(H,35,36)(H,37,42). The number of nitrogens with zero attached hydrogens (tertiary/aromatic N) is 3. The maximum atomic E-state index is 13.9. The lowest BCUT2D eigenvalue weighted by molar-refractivity contribution is -0.137. The van der Waals surface area contributed by atoms with E-state index in [2.05, 4.69) is 31.1 Å². The van der Waals surface area contributed by atoms with Crippen LogP contribution in [-0.2, 0) is 12.7 Å². The molecule has 1 amide bonds. The number of rotatable bonds is 7. The number of aryl methyl sites for hydroxylation is 1. The average molecular weight is 592 g/mol. The van der Waals surface area contributed by atoms with E-state index in [1.165, 1.54) is 7.11 Å². The summed E-state index contributed by atoms with van der Waals surface area (Å²) in [4.78, 5) is 23.1. The lowest BCUT2D eigenvalue weighted by Crippen LogP contribution is -2.36. The van der Waals surface area contributed by atoms with Crippen LogP contribution in [0.25, 0.3) is 16.7 Å². The zero-order chi connectivity index (χ0) is 30.1. The smallest absolute Gasteiger partial charge is 0.416 e. The zero-order valence-electron chi connectivity index (χ0n) is 23.8. The number of methoxy groups -OCH3 is 1. The lowest BCUT2D eigenvalue weighted by atomic mass is 10.0. The predicted molar refractivity (Wildman–Crippen MR) is 159 cm³/mol. The number of ether oxygens (including phenoxy) is 1. The number of anilines is 2. The van der Waals surface area contributed by atoms with Crippen LogP contribution in [0.4, 0.5) is 24.5 Å². The Morgan fingerprint density at radius 1 is 1.09 bits per heavy atom. The first-order valence-electron chi connectivity index (χ1n) is 14.1. The Balaban J connectivity index is 1.27. The molecule has 2 aliphatic heterocycles. The summed E-state index contributed by atoms with van der Waals surface area (Å²) >= 11 is 0. The van der Waals surface area contributed by atoms with Gasteiger partial charge in [-0.25, -0.2) is 4.98 Å². The van der Waals surface area contributed by atoms with Gasteiger partial charge in [0, 0.05) is 47.2 Å². The van der Waals surface area contributed by atoms with Crippen LogP contribution in [0, 0.1) is 6.92 Å². The number of halogens is 3. The Kier molecular flexibility index (Phi) is 7.72. The summed E-state index contributed by atoms with van der Waals surface area (Å²) in [6, 6.07) is 11.1. The second kappa shape index (κ2) is 11.6. The number of nitrogens with one attached hydrogen (secondary N) is 4. The van der Waals surface area contributed by atoms with Crippen molar-refractivity contribution in [2.24, 2.45) is 0 Å². The molecule has 4 N–H and O–H groups in total. The fourth-order valence-corrected chi connectivity index (χ4v) is 5.54. The minimum Gasteiger partial charge on any atom is -0.494 e. The molecule has 4 aromatic rings. The number of carbonyl (C=O) groups excluding carboxylic acids is 1. The molecule has 4 heterocycles. The van der Waals surface area contributed by atoms with E-state index in [1.54, 1.807) is 29.4 Å². The number of pyridine rings is 1. The molecule has 0 unspecified atom stereocenters. The van der Waals surface area contributed by atoms with E-state index in [-0.39, 0.29) is 17.0 Å². The molecular weight excluding hydrogens is 559 g/mol. The molecule has 0 bridgehead atoms. The molecule has 2 aromatic carbocycles. The van der Waals surface area contributed by atoms with Gasteiger partial charge in [0.1, 0.15) is 11.4 Å². The number of piperidine rings is 1. The van der Waals surface area contributed by atoms with Crippen LogP contribution in [0.1, 0.15) is 51.9 Å². The SMILES string of the molecule is COc1c(CN2CCCCC2)cc(C(F)(F)F)cc1NC(=O)c1ccc(C)c(N2C=C(c3cnc4[nH]ccc4c3)NN2)c1. The number of H-pyrrole nitrogens is 1. The normalized spacial score (nSPS) is 15.8. The van der Waals surface area contributed by atoms with Crippen LogP contribution in [0.15, 0.2) is 61.1 Å². The van der Waals surface area contributed by atoms with Gasteiger partial charge in [0.25, 0.3) is 5.91 Å². The molecular formula is C31H32F3N7O2. The van der Waals surface area contributed by atoms with Gasteiger partial charge in [-0.1, -0.05) is 12.5 Å². The largest absolute Gasteiger partial charge is 0.494 e. The summed E-state index contributed by atoms with van der Waals surface area (Å²) in [6.45, 7) is 3.82. The summed E-state index contributed by atoms with van der Waals surface area (Å²) < 4.78 is 47.3. The first-order valence-corrected chi connectivity index (χ1v) is 14.1. The summed E-state index contributed by atoms with van der Waals surface area (Å²) in [5, 5.41) is 5.40. The number of benzene rings is 2. The molecule has 224 valence electrons. The fourth-order valence-electron chi connectivity index (χ4n) is 5.54. The van der Waals surface area contributed by atoms with Crippen LogP contribution in [-0.4, -0.2) is 41.0 Å². The second-order valence-corrected chi connectivity index (χ2v) is 10.8. The number of alkyl halides is 3. The number of fused-ring (bicyclic) bond motifs is 1. The van der Waals surface area contributed by atoms with Gasteiger partial charge in [0.15, 0.2) is 0 Å². The monoisotopic (exact) mass is 591 g/mol. The summed E-state index contributed by atoms with van der Waals surface area (Å²) in [6.07, 6.45) is 3.95. The van der Waals surface area contributed by atoms with Crippen LogP contribution in [0.3, 0.4) is 0 Å². The van der Waals surface area contributed by atoms with Crippen molar-refractivity contribution in [2.75, 3.05) is 30.5 Å². The minimum atomic E-state index is -4.58. The molecule has 2 aromatic heterocycles. The summed E-state index contributed by atoms with van der Waals surface area (Å²) in [5.41, 5.74) is 10.0. The third-order valence-electron chi connectivity index (χ3n) is 7.80. The second-order valence-electron chi connectivity index (χ2n) is 10.8. The Labute approximate surface area is 246 Å². The van der Waals surface area contributed by atoms with Crippen molar-refractivity contribution in [3.63, 3.8) is 0 Å². The molecule has 12 heteroatoms. The maximum absolute atomic E-state index is 13.9. The van der Waals surface area contributed by atoms with Crippen molar-refractivity contribution >= 4 is 34.0 Å². The van der Waals surface area contributed by atoms with E-state index < -0.39 is 17.6 Å². The Morgan fingerprint density at radius 2 is 1.91 bits per heavy atom. The number of amides is 1. The van der Waals surface area contributed by atoms with Crippen molar-refractivity contribution in [3.8, 4) is 5.75 Å². The first-order chi connectivity index (χ1) is 20.7. The van der Waals surface area contributed by atoms with Gasteiger partial charge in [-0.15, -0.1) is 5.53 Å². The fraction of sp³-hybridized carbons (Fsp3) is 0.290. The Morgan fingerprint density at radius 3 is 2.67 bits per heavy atom. The molecule has 0 aliphatic carbocycles. The molecule has 0 radical (unpaired) electrons. The van der Waals surface area contributed by atoms with Crippen LogP contribution in [0.2, 0.25) is 0 Å². The van der Waals surface area contributed by atoms with Crippen molar-refractivity contribution in [3.05, 3.63) is 88.9 Å². The number of likely N-dealkylation sites (tertiary alicyclic amines) is 1. The molecule has 1 saturated heterocycles. The average Bonchev–Trinajstić information content (AvgIpc) is 3.67. The van der Waals surface area contributed by atoms with Gasteiger partial charge in [-0.2, -0.15) is 13.2 Å². The van der Waals surface area contributed by atoms with Gasteiger partial charge in [0.2, 0.25) is 0 Å². The predicted octanol–water partition coefficient (Wildman–Crippen LogP) is 5.96.